The first-order chi connectivity index (χ1) is 6.19. The number of carboxylic acid groups (broad SMARTS) is 1. The SMILES string of the molecule is NC[C@H]1CC[C@H](C(=O)O)C(=C=O)C1. The van der Waals surface area contributed by atoms with Crippen molar-refractivity contribution in [1.29, 1.82) is 0 Å². The Morgan fingerprint density at radius 1 is 1.62 bits per heavy atom. The molecule has 0 spiro atoms. The summed E-state index contributed by atoms with van der Waals surface area (Å²) in [4.78, 5) is 21.2. The number of rotatable bonds is 2. The average molecular weight is 183 g/mol. The maximum Gasteiger partial charge on any atom is 0.311 e. The molecule has 3 N–H and O–H groups in total. The van der Waals surface area contributed by atoms with E-state index in [1.807, 2.05) is 0 Å². The third-order valence-electron chi connectivity index (χ3n) is 2.56. The van der Waals surface area contributed by atoms with Gasteiger partial charge in [0.2, 0.25) is 0 Å². The highest BCUT2D eigenvalue weighted by Gasteiger charge is 2.30. The van der Waals surface area contributed by atoms with Gasteiger partial charge in [0.05, 0.1) is 5.92 Å². The van der Waals surface area contributed by atoms with Crippen LogP contribution in [0.15, 0.2) is 5.57 Å². The lowest BCUT2D eigenvalue weighted by Crippen LogP contribution is -2.27. The molecule has 4 heteroatoms. The molecule has 0 aromatic carbocycles. The van der Waals surface area contributed by atoms with E-state index in [1.54, 1.807) is 5.94 Å². The van der Waals surface area contributed by atoms with E-state index < -0.39 is 11.9 Å². The molecule has 0 unspecified atom stereocenters. The summed E-state index contributed by atoms with van der Waals surface area (Å²) < 4.78 is 0. The monoisotopic (exact) mass is 183 g/mol. The number of carbonyl (C=O) groups excluding carboxylic acids is 1. The summed E-state index contributed by atoms with van der Waals surface area (Å²) in [6.45, 7) is 0.511. The van der Waals surface area contributed by atoms with Crippen molar-refractivity contribution in [3.05, 3.63) is 5.57 Å². The van der Waals surface area contributed by atoms with Crippen molar-refractivity contribution in [2.75, 3.05) is 6.54 Å². The Labute approximate surface area is 76.4 Å². The molecule has 13 heavy (non-hydrogen) atoms. The molecule has 0 bridgehead atoms. The predicted molar refractivity (Wildman–Crippen MR) is 46.7 cm³/mol. The van der Waals surface area contributed by atoms with Crippen LogP contribution < -0.4 is 5.73 Å². The van der Waals surface area contributed by atoms with E-state index >= 15 is 0 Å². The normalized spacial score (nSPS) is 28.2. The Bertz CT molecular complexity index is 256. The minimum Gasteiger partial charge on any atom is -0.481 e. The third-order valence-corrected chi connectivity index (χ3v) is 2.56. The van der Waals surface area contributed by atoms with E-state index in [4.69, 9.17) is 10.8 Å². The fraction of sp³-hybridized carbons (Fsp3) is 0.667. The van der Waals surface area contributed by atoms with Crippen LogP contribution in [0.4, 0.5) is 0 Å². The third kappa shape index (κ3) is 2.17. The highest BCUT2D eigenvalue weighted by atomic mass is 16.4. The molecule has 0 aromatic heterocycles. The van der Waals surface area contributed by atoms with Gasteiger partial charge >= 0.3 is 5.97 Å². The molecule has 0 aliphatic heterocycles. The van der Waals surface area contributed by atoms with Crippen LogP contribution in [-0.2, 0) is 9.59 Å². The Hall–Kier alpha value is -1.12. The minimum atomic E-state index is -0.922. The van der Waals surface area contributed by atoms with Crippen LogP contribution in [0, 0.1) is 11.8 Å². The zero-order chi connectivity index (χ0) is 9.84. The van der Waals surface area contributed by atoms with Crippen molar-refractivity contribution in [1.82, 2.24) is 0 Å². The van der Waals surface area contributed by atoms with Crippen molar-refractivity contribution in [3.8, 4) is 0 Å². The lowest BCUT2D eigenvalue weighted by Gasteiger charge is -2.25. The number of nitrogens with two attached hydrogens (primary N) is 1. The van der Waals surface area contributed by atoms with E-state index in [-0.39, 0.29) is 5.92 Å². The number of hydrogen-bond acceptors (Lipinski definition) is 3. The van der Waals surface area contributed by atoms with Gasteiger partial charge in [0.25, 0.3) is 0 Å². The fourth-order valence-corrected chi connectivity index (χ4v) is 1.72. The number of carboxylic acids is 1. The van der Waals surface area contributed by atoms with Crippen LogP contribution in [0.25, 0.3) is 0 Å². The van der Waals surface area contributed by atoms with Crippen LogP contribution in [0.1, 0.15) is 19.3 Å². The van der Waals surface area contributed by atoms with Gasteiger partial charge in [-0.2, -0.15) is 0 Å². The van der Waals surface area contributed by atoms with Crippen LogP contribution in [-0.4, -0.2) is 23.6 Å². The molecule has 0 heterocycles. The van der Waals surface area contributed by atoms with Gasteiger partial charge in [0.15, 0.2) is 0 Å². The van der Waals surface area contributed by atoms with Crippen LogP contribution in [0.2, 0.25) is 0 Å². The first-order valence-corrected chi connectivity index (χ1v) is 4.35. The van der Waals surface area contributed by atoms with E-state index in [1.165, 1.54) is 0 Å². The van der Waals surface area contributed by atoms with E-state index in [2.05, 4.69) is 0 Å². The summed E-state index contributed by atoms with van der Waals surface area (Å²) in [7, 11) is 0. The number of hydrogen-bond donors (Lipinski definition) is 2. The van der Waals surface area contributed by atoms with Crippen molar-refractivity contribution in [2.45, 2.75) is 19.3 Å². The largest absolute Gasteiger partial charge is 0.481 e. The topological polar surface area (TPSA) is 80.4 Å². The molecule has 0 aromatic rings. The molecule has 1 rings (SSSR count). The van der Waals surface area contributed by atoms with E-state index in [0.717, 1.165) is 6.42 Å². The van der Waals surface area contributed by atoms with Crippen molar-refractivity contribution >= 4 is 11.9 Å². The molecule has 1 saturated carbocycles. The second kappa shape index (κ2) is 4.21. The maximum atomic E-state index is 10.7. The Morgan fingerprint density at radius 3 is 2.77 bits per heavy atom. The minimum absolute atomic E-state index is 0.257. The first kappa shape index (κ1) is 9.96. The second-order valence-corrected chi connectivity index (χ2v) is 3.40. The molecule has 0 amide bonds. The molecule has 4 nitrogen and oxygen atoms in total. The molecular weight excluding hydrogens is 170 g/mol. The van der Waals surface area contributed by atoms with Gasteiger partial charge in [0, 0.05) is 5.57 Å². The number of carbonyl (C=O) groups is 1. The average Bonchev–Trinajstić information content (AvgIpc) is 2.16. The van der Waals surface area contributed by atoms with E-state index in [9.17, 15) is 9.59 Å². The van der Waals surface area contributed by atoms with Gasteiger partial charge in [0.1, 0.15) is 5.94 Å². The van der Waals surface area contributed by atoms with Gasteiger partial charge in [-0.15, -0.1) is 0 Å². The fourth-order valence-electron chi connectivity index (χ4n) is 1.72. The molecule has 0 saturated heterocycles. The van der Waals surface area contributed by atoms with Gasteiger partial charge < -0.3 is 10.8 Å². The zero-order valence-electron chi connectivity index (χ0n) is 7.32. The Kier molecular flexibility index (Phi) is 3.23. The molecule has 1 fully saturated rings. The summed E-state index contributed by atoms with van der Waals surface area (Å²) in [6.07, 6.45) is 1.80. The van der Waals surface area contributed by atoms with Crippen LogP contribution in [0.3, 0.4) is 0 Å². The standard InChI is InChI=1S/C9H13NO3/c10-4-6-1-2-8(9(12)13)7(3-6)5-11/h6,8H,1-4,10H2,(H,12,13)/t6-,8-/m0/s1. The van der Waals surface area contributed by atoms with Gasteiger partial charge in [-0.05, 0) is 31.7 Å². The summed E-state index contributed by atoms with van der Waals surface area (Å²) >= 11 is 0. The van der Waals surface area contributed by atoms with Gasteiger partial charge in [-0.25, -0.2) is 4.79 Å². The maximum absolute atomic E-state index is 10.7. The van der Waals surface area contributed by atoms with Crippen molar-refractivity contribution in [3.63, 3.8) is 0 Å². The predicted octanol–water partition coefficient (Wildman–Crippen LogP) is 0.204. The van der Waals surface area contributed by atoms with Crippen molar-refractivity contribution < 1.29 is 14.7 Å². The number of aliphatic carboxylic acids is 1. The van der Waals surface area contributed by atoms with Gasteiger partial charge in [-0.1, -0.05) is 0 Å². The van der Waals surface area contributed by atoms with Crippen molar-refractivity contribution in [2.24, 2.45) is 17.6 Å². The molecule has 1 aliphatic rings. The first-order valence-electron chi connectivity index (χ1n) is 4.35. The second-order valence-electron chi connectivity index (χ2n) is 3.40. The summed E-state index contributed by atoms with van der Waals surface area (Å²) in [6, 6.07) is 0. The molecular formula is C9H13NO3. The molecule has 72 valence electrons. The lowest BCUT2D eigenvalue weighted by molar-refractivity contribution is -0.141. The lowest BCUT2D eigenvalue weighted by atomic mass is 9.79. The summed E-state index contributed by atoms with van der Waals surface area (Å²) in [5.74, 6) is 0.439. The smallest absolute Gasteiger partial charge is 0.311 e. The highest BCUT2D eigenvalue weighted by molar-refractivity contribution is 5.77. The van der Waals surface area contributed by atoms with Gasteiger partial charge in [-0.3, -0.25) is 4.79 Å². The van der Waals surface area contributed by atoms with Crippen LogP contribution in [0.5, 0.6) is 0 Å². The Balaban J connectivity index is 2.72. The highest BCUT2D eigenvalue weighted by Crippen LogP contribution is 2.31. The van der Waals surface area contributed by atoms with Crippen LogP contribution >= 0.6 is 0 Å². The summed E-state index contributed by atoms with van der Waals surface area (Å²) in [5.41, 5.74) is 5.82. The zero-order valence-corrected chi connectivity index (χ0v) is 7.32. The Morgan fingerprint density at radius 2 is 2.31 bits per heavy atom. The quantitative estimate of drug-likeness (QED) is 0.599. The van der Waals surface area contributed by atoms with E-state index in [0.29, 0.717) is 25.0 Å². The summed E-state index contributed by atoms with van der Waals surface area (Å²) in [5, 5.41) is 8.77. The molecule has 0 radical (unpaired) electrons. The molecule has 2 atom stereocenters. The molecule has 1 aliphatic carbocycles.